The van der Waals surface area contributed by atoms with E-state index >= 15 is 0 Å². The highest BCUT2D eigenvalue weighted by atomic mass is 79.9. The van der Waals surface area contributed by atoms with Crippen molar-refractivity contribution in [3.8, 4) is 5.75 Å². The van der Waals surface area contributed by atoms with Gasteiger partial charge in [-0.05, 0) is 72.4 Å². The maximum atomic E-state index is 12.6. The highest BCUT2D eigenvalue weighted by molar-refractivity contribution is 9.10. The lowest BCUT2D eigenvalue weighted by atomic mass is 10.1. The Labute approximate surface area is 181 Å². The second-order valence-corrected chi connectivity index (χ2v) is 9.62. The second-order valence-electron chi connectivity index (χ2n) is 7.06. The molecule has 1 amide bonds. The van der Waals surface area contributed by atoms with Crippen LogP contribution in [0.3, 0.4) is 0 Å². The van der Waals surface area contributed by atoms with Crippen LogP contribution in [-0.4, -0.2) is 28.0 Å². The van der Waals surface area contributed by atoms with Gasteiger partial charge in [-0.2, -0.15) is 0 Å². The van der Waals surface area contributed by atoms with Gasteiger partial charge >= 0.3 is 0 Å². The number of aryl methyl sites for hydroxylation is 3. The monoisotopic (exact) mass is 482 g/mol. The fraction of sp³-hybridized carbons (Fsp3) is 0.381. The summed E-state index contributed by atoms with van der Waals surface area (Å²) in [6.07, 6.45) is 0.0465. The third-order valence-corrected chi connectivity index (χ3v) is 6.96. The van der Waals surface area contributed by atoms with Crippen molar-refractivity contribution in [1.29, 1.82) is 0 Å². The van der Waals surface area contributed by atoms with E-state index in [1.807, 2.05) is 44.2 Å². The van der Waals surface area contributed by atoms with Crippen molar-refractivity contribution in [3.05, 3.63) is 57.1 Å². The number of ether oxygens (including phenoxy) is 1. The van der Waals surface area contributed by atoms with Crippen LogP contribution in [0.25, 0.3) is 0 Å². The summed E-state index contributed by atoms with van der Waals surface area (Å²) in [7, 11) is -2.09. The molecule has 2 aromatic carbocycles. The van der Waals surface area contributed by atoms with Crippen molar-refractivity contribution in [1.82, 2.24) is 10.0 Å². The molecule has 8 heteroatoms. The van der Waals surface area contributed by atoms with Gasteiger partial charge in [-0.25, -0.2) is 13.1 Å². The minimum atomic E-state index is -3.68. The molecule has 6 nitrogen and oxygen atoms in total. The first-order chi connectivity index (χ1) is 13.5. The third kappa shape index (κ3) is 6.04. The standard InChI is InChI=1S/C21H27BrN2O4S/c1-13-10-14(2)21(15(3)11-13)29(26,27)23-9-8-20(25)24-16(4)17-6-7-19(28-5)18(22)12-17/h6-7,10-12,16,23H,8-9H2,1-5H3,(H,24,25). The molecule has 0 saturated heterocycles. The smallest absolute Gasteiger partial charge is 0.241 e. The van der Waals surface area contributed by atoms with Gasteiger partial charge in [0.05, 0.1) is 22.5 Å². The van der Waals surface area contributed by atoms with E-state index in [1.54, 1.807) is 21.0 Å². The average molecular weight is 483 g/mol. The zero-order chi connectivity index (χ0) is 21.8. The fourth-order valence-corrected chi connectivity index (χ4v) is 5.35. The number of carbonyl (C=O) groups excluding carboxylic acids is 1. The van der Waals surface area contributed by atoms with Crippen molar-refractivity contribution in [2.75, 3.05) is 13.7 Å². The predicted molar refractivity (Wildman–Crippen MR) is 118 cm³/mol. The molecule has 29 heavy (non-hydrogen) atoms. The number of benzene rings is 2. The molecular formula is C21H27BrN2O4S. The lowest BCUT2D eigenvalue weighted by molar-refractivity contribution is -0.121. The highest BCUT2D eigenvalue weighted by Gasteiger charge is 2.20. The summed E-state index contributed by atoms with van der Waals surface area (Å²) in [5.74, 6) is 0.480. The Hall–Kier alpha value is -1.90. The van der Waals surface area contributed by atoms with E-state index in [9.17, 15) is 13.2 Å². The molecule has 0 aliphatic rings. The SMILES string of the molecule is COc1ccc(C(C)NC(=O)CCNS(=O)(=O)c2c(C)cc(C)cc2C)cc1Br. The van der Waals surface area contributed by atoms with Gasteiger partial charge < -0.3 is 10.1 Å². The molecule has 0 aliphatic heterocycles. The fourth-order valence-electron chi connectivity index (χ4n) is 3.31. The molecule has 2 aromatic rings. The maximum absolute atomic E-state index is 12.6. The highest BCUT2D eigenvalue weighted by Crippen LogP contribution is 2.28. The first-order valence-corrected chi connectivity index (χ1v) is 11.5. The predicted octanol–water partition coefficient (Wildman–Crippen LogP) is 3.93. The molecule has 0 fully saturated rings. The van der Waals surface area contributed by atoms with Gasteiger partial charge in [0.1, 0.15) is 5.75 Å². The van der Waals surface area contributed by atoms with Gasteiger partial charge in [-0.1, -0.05) is 23.8 Å². The number of methoxy groups -OCH3 is 1. The van der Waals surface area contributed by atoms with Crippen LogP contribution in [0.15, 0.2) is 39.7 Å². The molecule has 0 radical (unpaired) electrons. The van der Waals surface area contributed by atoms with Crippen molar-refractivity contribution in [2.24, 2.45) is 0 Å². The Bertz CT molecular complexity index is 983. The zero-order valence-electron chi connectivity index (χ0n) is 17.3. The van der Waals surface area contributed by atoms with Crippen LogP contribution in [0.2, 0.25) is 0 Å². The maximum Gasteiger partial charge on any atom is 0.241 e. The van der Waals surface area contributed by atoms with Crippen LogP contribution in [0.4, 0.5) is 0 Å². The Morgan fingerprint density at radius 2 is 1.76 bits per heavy atom. The molecule has 0 heterocycles. The van der Waals surface area contributed by atoms with Crippen LogP contribution in [0.1, 0.15) is 41.6 Å². The van der Waals surface area contributed by atoms with Crippen molar-refractivity contribution >= 4 is 31.9 Å². The van der Waals surface area contributed by atoms with E-state index in [-0.39, 0.29) is 29.8 Å². The molecule has 0 saturated carbocycles. The number of rotatable bonds is 8. The lowest BCUT2D eigenvalue weighted by Crippen LogP contribution is -2.32. The van der Waals surface area contributed by atoms with E-state index in [0.717, 1.165) is 15.6 Å². The topological polar surface area (TPSA) is 84.5 Å². The zero-order valence-corrected chi connectivity index (χ0v) is 19.7. The minimum Gasteiger partial charge on any atom is -0.496 e. The Morgan fingerprint density at radius 3 is 2.31 bits per heavy atom. The van der Waals surface area contributed by atoms with Gasteiger partial charge in [0.2, 0.25) is 15.9 Å². The van der Waals surface area contributed by atoms with Gasteiger partial charge in [0.25, 0.3) is 0 Å². The molecule has 2 rings (SSSR count). The van der Waals surface area contributed by atoms with E-state index < -0.39 is 10.0 Å². The normalized spacial score (nSPS) is 12.5. The number of hydrogen-bond donors (Lipinski definition) is 2. The molecule has 0 aromatic heterocycles. The Balaban J connectivity index is 1.95. The van der Waals surface area contributed by atoms with Gasteiger partial charge in [-0.3, -0.25) is 4.79 Å². The number of amides is 1. The molecule has 158 valence electrons. The number of carbonyl (C=O) groups is 1. The number of sulfonamides is 1. The molecule has 0 spiro atoms. The summed E-state index contributed by atoms with van der Waals surface area (Å²) in [6, 6.07) is 9.03. The van der Waals surface area contributed by atoms with E-state index in [4.69, 9.17) is 4.74 Å². The molecule has 1 atom stereocenters. The molecule has 0 aliphatic carbocycles. The number of halogens is 1. The molecule has 2 N–H and O–H groups in total. The first-order valence-electron chi connectivity index (χ1n) is 9.25. The van der Waals surface area contributed by atoms with Crippen LogP contribution in [0.5, 0.6) is 5.75 Å². The lowest BCUT2D eigenvalue weighted by Gasteiger charge is -2.16. The van der Waals surface area contributed by atoms with Crippen LogP contribution in [0, 0.1) is 20.8 Å². The van der Waals surface area contributed by atoms with E-state index in [2.05, 4.69) is 26.0 Å². The molecule has 1 unspecified atom stereocenters. The van der Waals surface area contributed by atoms with Crippen LogP contribution >= 0.6 is 15.9 Å². The van der Waals surface area contributed by atoms with Crippen molar-refractivity contribution in [2.45, 2.75) is 45.1 Å². The second kappa shape index (κ2) is 9.73. The van der Waals surface area contributed by atoms with E-state index in [0.29, 0.717) is 16.9 Å². The van der Waals surface area contributed by atoms with Crippen molar-refractivity contribution in [3.63, 3.8) is 0 Å². The van der Waals surface area contributed by atoms with Gasteiger partial charge in [0.15, 0.2) is 0 Å². The summed E-state index contributed by atoms with van der Waals surface area (Å²) in [6.45, 7) is 7.37. The van der Waals surface area contributed by atoms with Gasteiger partial charge in [-0.15, -0.1) is 0 Å². The Morgan fingerprint density at radius 1 is 1.14 bits per heavy atom. The summed E-state index contributed by atoms with van der Waals surface area (Å²) in [5.41, 5.74) is 3.31. The summed E-state index contributed by atoms with van der Waals surface area (Å²) in [5, 5.41) is 2.88. The Kier molecular flexibility index (Phi) is 7.85. The van der Waals surface area contributed by atoms with E-state index in [1.165, 1.54) is 0 Å². The quantitative estimate of drug-likeness (QED) is 0.596. The summed E-state index contributed by atoms with van der Waals surface area (Å²) < 4.78 is 33.8. The minimum absolute atomic E-state index is 0.0277. The third-order valence-electron chi connectivity index (χ3n) is 4.57. The summed E-state index contributed by atoms with van der Waals surface area (Å²) in [4.78, 5) is 12.5. The largest absolute Gasteiger partial charge is 0.496 e. The summed E-state index contributed by atoms with van der Waals surface area (Å²) >= 11 is 3.43. The average Bonchev–Trinajstić information content (AvgIpc) is 2.60. The first kappa shape index (κ1) is 23.4. The molecular weight excluding hydrogens is 456 g/mol. The van der Waals surface area contributed by atoms with Gasteiger partial charge in [0, 0.05) is 13.0 Å². The van der Waals surface area contributed by atoms with Crippen molar-refractivity contribution < 1.29 is 17.9 Å². The molecule has 0 bridgehead atoms. The number of hydrogen-bond acceptors (Lipinski definition) is 4. The number of nitrogens with one attached hydrogen (secondary N) is 2. The van der Waals surface area contributed by atoms with Crippen LogP contribution < -0.4 is 14.8 Å². The van der Waals surface area contributed by atoms with Crippen LogP contribution in [-0.2, 0) is 14.8 Å².